The highest BCUT2D eigenvalue weighted by Gasteiger charge is 2.28. The molecule has 1 atom stereocenters. The summed E-state index contributed by atoms with van der Waals surface area (Å²) >= 11 is 0. The van der Waals surface area contributed by atoms with E-state index in [1.807, 2.05) is 12.1 Å². The molecule has 6 nitrogen and oxygen atoms in total. The standard InChI is InChI=1S/C19H19FN4O2/c1-26-17-7-5-14(20)9-15(17)19(25)24-8-2-3-13(11-24)16-6-4-12-10-21-23-18(12)22-16/h4-7,9-10,13H,2-3,8,11H2,1H3,(H,21,22,23)/t13-/m0/s1. The summed E-state index contributed by atoms with van der Waals surface area (Å²) in [7, 11) is 1.48. The minimum atomic E-state index is -0.450. The van der Waals surface area contributed by atoms with Gasteiger partial charge in [-0.3, -0.25) is 9.89 Å². The van der Waals surface area contributed by atoms with Crippen molar-refractivity contribution in [2.24, 2.45) is 0 Å². The third-order valence-electron chi connectivity index (χ3n) is 4.84. The van der Waals surface area contributed by atoms with Crippen molar-refractivity contribution in [2.45, 2.75) is 18.8 Å². The molecular weight excluding hydrogens is 335 g/mol. The highest BCUT2D eigenvalue weighted by Crippen LogP contribution is 2.29. The Morgan fingerprint density at radius 2 is 2.23 bits per heavy atom. The lowest BCUT2D eigenvalue weighted by atomic mass is 9.93. The van der Waals surface area contributed by atoms with Gasteiger partial charge in [-0.05, 0) is 43.2 Å². The van der Waals surface area contributed by atoms with Crippen LogP contribution in [0.5, 0.6) is 5.75 Å². The molecule has 0 radical (unpaired) electrons. The molecule has 26 heavy (non-hydrogen) atoms. The van der Waals surface area contributed by atoms with E-state index in [1.54, 1.807) is 11.1 Å². The van der Waals surface area contributed by atoms with Crippen molar-refractivity contribution in [3.63, 3.8) is 0 Å². The average Bonchev–Trinajstić information content (AvgIpc) is 3.15. The molecule has 0 bridgehead atoms. The Morgan fingerprint density at radius 1 is 1.35 bits per heavy atom. The van der Waals surface area contributed by atoms with E-state index in [-0.39, 0.29) is 17.4 Å². The number of benzene rings is 1. The summed E-state index contributed by atoms with van der Waals surface area (Å²) in [4.78, 5) is 19.3. The molecule has 0 aliphatic carbocycles. The van der Waals surface area contributed by atoms with E-state index in [1.165, 1.54) is 25.3 Å². The minimum Gasteiger partial charge on any atom is -0.496 e. The molecule has 134 valence electrons. The molecule has 2 aromatic heterocycles. The van der Waals surface area contributed by atoms with Gasteiger partial charge in [0.05, 0.1) is 18.9 Å². The van der Waals surface area contributed by atoms with E-state index < -0.39 is 5.82 Å². The van der Waals surface area contributed by atoms with Crippen LogP contribution in [-0.4, -0.2) is 46.2 Å². The van der Waals surface area contributed by atoms with Gasteiger partial charge in [0.15, 0.2) is 5.65 Å². The monoisotopic (exact) mass is 354 g/mol. The van der Waals surface area contributed by atoms with Gasteiger partial charge in [-0.25, -0.2) is 9.37 Å². The molecular formula is C19H19FN4O2. The summed E-state index contributed by atoms with van der Waals surface area (Å²) in [6.07, 6.45) is 3.56. The number of carbonyl (C=O) groups excluding carboxylic acids is 1. The molecule has 3 heterocycles. The first-order chi connectivity index (χ1) is 12.7. The Bertz CT molecular complexity index is 956. The quantitative estimate of drug-likeness (QED) is 0.784. The zero-order valence-electron chi connectivity index (χ0n) is 14.4. The summed E-state index contributed by atoms with van der Waals surface area (Å²) in [6, 6.07) is 7.98. The molecule has 1 amide bonds. The Labute approximate surface area is 150 Å². The van der Waals surface area contributed by atoms with Gasteiger partial charge >= 0.3 is 0 Å². The van der Waals surface area contributed by atoms with Crippen molar-refractivity contribution < 1.29 is 13.9 Å². The summed E-state index contributed by atoms with van der Waals surface area (Å²) < 4.78 is 18.9. The number of methoxy groups -OCH3 is 1. The lowest BCUT2D eigenvalue weighted by Gasteiger charge is -2.32. The highest BCUT2D eigenvalue weighted by atomic mass is 19.1. The first-order valence-electron chi connectivity index (χ1n) is 8.58. The third-order valence-corrected chi connectivity index (χ3v) is 4.84. The average molecular weight is 354 g/mol. The fraction of sp³-hybridized carbons (Fsp3) is 0.316. The SMILES string of the molecule is COc1ccc(F)cc1C(=O)N1CCC[C@H](c2ccc3cn[nH]c3n2)C1. The van der Waals surface area contributed by atoms with E-state index in [0.717, 1.165) is 29.6 Å². The number of H-pyrrole nitrogens is 1. The summed E-state index contributed by atoms with van der Waals surface area (Å²) in [6.45, 7) is 1.19. The van der Waals surface area contributed by atoms with Crippen LogP contribution in [0, 0.1) is 5.82 Å². The second-order valence-electron chi connectivity index (χ2n) is 6.48. The number of hydrogen-bond donors (Lipinski definition) is 1. The van der Waals surface area contributed by atoms with Crippen LogP contribution >= 0.6 is 0 Å². The number of aromatic nitrogens is 3. The number of hydrogen-bond acceptors (Lipinski definition) is 4. The van der Waals surface area contributed by atoms with E-state index in [2.05, 4.69) is 15.2 Å². The van der Waals surface area contributed by atoms with Gasteiger partial charge in [-0.15, -0.1) is 0 Å². The Morgan fingerprint density at radius 3 is 3.08 bits per heavy atom. The number of piperidine rings is 1. The first-order valence-corrected chi connectivity index (χ1v) is 8.58. The number of rotatable bonds is 3. The van der Waals surface area contributed by atoms with Crippen molar-refractivity contribution >= 4 is 16.9 Å². The zero-order valence-corrected chi connectivity index (χ0v) is 14.4. The summed E-state index contributed by atoms with van der Waals surface area (Å²) in [5, 5.41) is 7.84. The van der Waals surface area contributed by atoms with Crippen molar-refractivity contribution in [3.05, 3.63) is 53.6 Å². The normalized spacial score (nSPS) is 17.5. The predicted molar refractivity (Wildman–Crippen MR) is 94.7 cm³/mol. The molecule has 7 heteroatoms. The maximum absolute atomic E-state index is 13.6. The van der Waals surface area contributed by atoms with Crippen molar-refractivity contribution in [1.29, 1.82) is 0 Å². The Kier molecular flexibility index (Phi) is 4.28. The smallest absolute Gasteiger partial charge is 0.257 e. The summed E-state index contributed by atoms with van der Waals surface area (Å²) in [5.41, 5.74) is 1.94. The number of carbonyl (C=O) groups is 1. The lowest BCUT2D eigenvalue weighted by Crippen LogP contribution is -2.39. The summed E-state index contributed by atoms with van der Waals surface area (Å²) in [5.74, 6) is -0.141. The van der Waals surface area contributed by atoms with Crippen LogP contribution < -0.4 is 4.74 Å². The second-order valence-corrected chi connectivity index (χ2v) is 6.48. The van der Waals surface area contributed by atoms with E-state index in [0.29, 0.717) is 18.8 Å². The molecule has 1 aliphatic heterocycles. The predicted octanol–water partition coefficient (Wildman–Crippen LogP) is 3.13. The molecule has 0 saturated carbocycles. The Hall–Kier alpha value is -2.96. The molecule has 4 rings (SSSR count). The van der Waals surface area contributed by atoms with Crippen molar-refractivity contribution in [3.8, 4) is 5.75 Å². The second kappa shape index (κ2) is 6.74. The maximum atomic E-state index is 13.6. The topological polar surface area (TPSA) is 71.1 Å². The minimum absolute atomic E-state index is 0.139. The van der Waals surface area contributed by atoms with Crippen molar-refractivity contribution in [1.82, 2.24) is 20.1 Å². The number of nitrogens with one attached hydrogen (secondary N) is 1. The number of amides is 1. The largest absolute Gasteiger partial charge is 0.496 e. The number of fused-ring (bicyclic) bond motifs is 1. The molecule has 1 N–H and O–H groups in total. The van der Waals surface area contributed by atoms with Crippen LogP contribution in [0.1, 0.15) is 34.8 Å². The van der Waals surface area contributed by atoms with Gasteiger partial charge in [-0.2, -0.15) is 5.10 Å². The molecule has 3 aromatic rings. The number of nitrogens with zero attached hydrogens (tertiary/aromatic N) is 3. The molecule has 0 spiro atoms. The molecule has 1 aliphatic rings. The van der Waals surface area contributed by atoms with E-state index in [4.69, 9.17) is 4.74 Å². The zero-order chi connectivity index (χ0) is 18.1. The van der Waals surface area contributed by atoms with Crippen LogP contribution in [0.2, 0.25) is 0 Å². The van der Waals surface area contributed by atoms with Gasteiger partial charge in [0.25, 0.3) is 5.91 Å². The number of ether oxygens (including phenoxy) is 1. The lowest BCUT2D eigenvalue weighted by molar-refractivity contribution is 0.0702. The number of halogens is 1. The van der Waals surface area contributed by atoms with Gasteiger partial charge in [-0.1, -0.05) is 0 Å². The van der Waals surface area contributed by atoms with Crippen LogP contribution in [0.3, 0.4) is 0 Å². The van der Waals surface area contributed by atoms with Crippen LogP contribution in [-0.2, 0) is 0 Å². The molecule has 1 aromatic carbocycles. The van der Waals surface area contributed by atoms with Crippen molar-refractivity contribution in [2.75, 3.05) is 20.2 Å². The van der Waals surface area contributed by atoms with Gasteiger partial charge in [0.2, 0.25) is 0 Å². The third kappa shape index (κ3) is 3.00. The number of pyridine rings is 1. The Balaban J connectivity index is 1.58. The number of aromatic amines is 1. The fourth-order valence-corrected chi connectivity index (χ4v) is 3.49. The van der Waals surface area contributed by atoms with Gasteiger partial charge in [0, 0.05) is 30.1 Å². The fourth-order valence-electron chi connectivity index (χ4n) is 3.49. The number of likely N-dealkylation sites (tertiary alicyclic amines) is 1. The first kappa shape index (κ1) is 16.5. The molecule has 1 fully saturated rings. The van der Waals surface area contributed by atoms with Crippen LogP contribution in [0.15, 0.2) is 36.5 Å². The van der Waals surface area contributed by atoms with Gasteiger partial charge in [0.1, 0.15) is 11.6 Å². The van der Waals surface area contributed by atoms with E-state index in [9.17, 15) is 9.18 Å². The maximum Gasteiger partial charge on any atom is 0.257 e. The molecule has 1 saturated heterocycles. The van der Waals surface area contributed by atoms with Crippen LogP contribution in [0.4, 0.5) is 4.39 Å². The van der Waals surface area contributed by atoms with E-state index >= 15 is 0 Å². The molecule has 0 unspecified atom stereocenters. The highest BCUT2D eigenvalue weighted by molar-refractivity contribution is 5.97. The van der Waals surface area contributed by atoms with Crippen LogP contribution in [0.25, 0.3) is 11.0 Å². The van der Waals surface area contributed by atoms with Gasteiger partial charge < -0.3 is 9.64 Å².